The highest BCUT2D eigenvalue weighted by atomic mass is 19.1. The van der Waals surface area contributed by atoms with Crippen LogP contribution < -0.4 is 5.32 Å². The van der Waals surface area contributed by atoms with Crippen LogP contribution in [-0.4, -0.2) is 22.8 Å². The smallest absolute Gasteiger partial charge is 0.412 e. The molecule has 98 valence electrons. The summed E-state index contributed by atoms with van der Waals surface area (Å²) in [6, 6.07) is 3.25. The normalized spacial score (nSPS) is 10.9. The van der Waals surface area contributed by atoms with Crippen molar-refractivity contribution in [3.05, 3.63) is 29.6 Å². The fraction of sp³-hybridized carbons (Fsp3) is 0.333. The Hall–Kier alpha value is -2.11. The summed E-state index contributed by atoms with van der Waals surface area (Å²) >= 11 is 0. The van der Waals surface area contributed by atoms with E-state index < -0.39 is 29.0 Å². The number of ether oxygens (including phenoxy) is 1. The van der Waals surface area contributed by atoms with Crippen molar-refractivity contribution in [1.29, 1.82) is 0 Å². The van der Waals surface area contributed by atoms with E-state index in [4.69, 9.17) is 9.84 Å². The van der Waals surface area contributed by atoms with Crippen molar-refractivity contribution >= 4 is 17.7 Å². The van der Waals surface area contributed by atoms with E-state index in [1.54, 1.807) is 20.8 Å². The molecule has 0 bridgehead atoms. The number of nitrogens with one attached hydrogen (secondary N) is 1. The second-order valence-corrected chi connectivity index (χ2v) is 4.63. The largest absolute Gasteiger partial charge is 0.478 e. The van der Waals surface area contributed by atoms with Crippen LogP contribution in [0.1, 0.15) is 31.1 Å². The first-order chi connectivity index (χ1) is 8.19. The molecule has 0 saturated heterocycles. The minimum atomic E-state index is -1.40. The molecule has 1 aromatic carbocycles. The number of carbonyl (C=O) groups excluding carboxylic acids is 1. The number of carboxylic acids is 1. The van der Waals surface area contributed by atoms with Crippen molar-refractivity contribution in [1.82, 2.24) is 0 Å². The van der Waals surface area contributed by atoms with E-state index >= 15 is 0 Å². The zero-order valence-corrected chi connectivity index (χ0v) is 10.3. The van der Waals surface area contributed by atoms with Gasteiger partial charge in [-0.2, -0.15) is 0 Å². The van der Waals surface area contributed by atoms with Crippen LogP contribution in [-0.2, 0) is 4.74 Å². The molecule has 6 heteroatoms. The summed E-state index contributed by atoms with van der Waals surface area (Å²) < 4.78 is 18.1. The Morgan fingerprint density at radius 1 is 1.33 bits per heavy atom. The first-order valence-corrected chi connectivity index (χ1v) is 5.22. The second kappa shape index (κ2) is 5.03. The summed E-state index contributed by atoms with van der Waals surface area (Å²) in [5.41, 5.74) is -1.02. The van der Waals surface area contributed by atoms with Crippen molar-refractivity contribution in [2.75, 3.05) is 5.32 Å². The van der Waals surface area contributed by atoms with Gasteiger partial charge < -0.3 is 9.84 Å². The number of amides is 1. The Morgan fingerprint density at radius 2 is 1.94 bits per heavy atom. The van der Waals surface area contributed by atoms with E-state index in [0.29, 0.717) is 0 Å². The average Bonchev–Trinajstić information content (AvgIpc) is 2.17. The summed E-state index contributed by atoms with van der Waals surface area (Å²) in [6.45, 7) is 5.08. The highest BCUT2D eigenvalue weighted by molar-refractivity contribution is 5.91. The van der Waals surface area contributed by atoms with Crippen LogP contribution in [0.5, 0.6) is 0 Å². The maximum absolute atomic E-state index is 13.1. The number of rotatable bonds is 2. The van der Waals surface area contributed by atoms with Gasteiger partial charge in [0.1, 0.15) is 11.4 Å². The van der Waals surface area contributed by atoms with Crippen molar-refractivity contribution in [2.45, 2.75) is 26.4 Å². The fourth-order valence-electron chi connectivity index (χ4n) is 1.19. The van der Waals surface area contributed by atoms with Gasteiger partial charge in [-0.15, -0.1) is 0 Å². The molecule has 0 aromatic heterocycles. The lowest BCUT2D eigenvalue weighted by Crippen LogP contribution is -2.27. The molecule has 0 unspecified atom stereocenters. The maximum Gasteiger partial charge on any atom is 0.412 e. The topological polar surface area (TPSA) is 75.6 Å². The monoisotopic (exact) mass is 255 g/mol. The van der Waals surface area contributed by atoms with Gasteiger partial charge in [-0.25, -0.2) is 14.0 Å². The van der Waals surface area contributed by atoms with E-state index in [1.165, 1.54) is 6.07 Å². The van der Waals surface area contributed by atoms with Gasteiger partial charge in [0.25, 0.3) is 0 Å². The molecule has 0 fully saturated rings. The molecule has 0 aliphatic rings. The first kappa shape index (κ1) is 14.0. The molecule has 1 rings (SSSR count). The van der Waals surface area contributed by atoms with Crippen LogP contribution in [0.15, 0.2) is 18.2 Å². The van der Waals surface area contributed by atoms with Crippen LogP contribution in [0.3, 0.4) is 0 Å². The van der Waals surface area contributed by atoms with Crippen molar-refractivity contribution in [2.24, 2.45) is 0 Å². The summed E-state index contributed by atoms with van der Waals surface area (Å²) in [4.78, 5) is 22.1. The number of halogens is 1. The van der Waals surface area contributed by atoms with E-state index in [1.807, 2.05) is 0 Å². The minimum Gasteiger partial charge on any atom is -0.478 e. The molecular weight excluding hydrogens is 241 g/mol. The van der Waals surface area contributed by atoms with Gasteiger partial charge in [0.15, 0.2) is 0 Å². The highest BCUT2D eigenvalue weighted by Crippen LogP contribution is 2.16. The molecule has 0 heterocycles. The third-order valence-electron chi connectivity index (χ3n) is 1.84. The molecular formula is C12H14FNO4. The van der Waals surface area contributed by atoms with Crippen molar-refractivity contribution in [3.63, 3.8) is 0 Å². The number of carbonyl (C=O) groups is 2. The Bertz CT molecular complexity index is 479. The molecule has 0 atom stereocenters. The van der Waals surface area contributed by atoms with E-state index in [2.05, 4.69) is 5.32 Å². The molecule has 0 aliphatic heterocycles. The second-order valence-electron chi connectivity index (χ2n) is 4.63. The van der Waals surface area contributed by atoms with Gasteiger partial charge in [-0.05, 0) is 39.0 Å². The molecule has 0 saturated carbocycles. The van der Waals surface area contributed by atoms with Gasteiger partial charge in [0, 0.05) is 5.69 Å². The summed E-state index contributed by atoms with van der Waals surface area (Å²) in [5, 5.41) is 11.1. The van der Waals surface area contributed by atoms with E-state index in [9.17, 15) is 14.0 Å². The van der Waals surface area contributed by atoms with Gasteiger partial charge in [-0.1, -0.05) is 0 Å². The van der Waals surface area contributed by atoms with Gasteiger partial charge in [0.2, 0.25) is 0 Å². The van der Waals surface area contributed by atoms with Crippen LogP contribution >= 0.6 is 0 Å². The molecule has 0 aliphatic carbocycles. The number of anilines is 1. The number of benzene rings is 1. The first-order valence-electron chi connectivity index (χ1n) is 5.22. The molecule has 18 heavy (non-hydrogen) atoms. The van der Waals surface area contributed by atoms with E-state index in [-0.39, 0.29) is 5.69 Å². The molecule has 0 spiro atoms. The summed E-state index contributed by atoms with van der Waals surface area (Å²) in [6.07, 6.45) is -0.731. The van der Waals surface area contributed by atoms with Crippen LogP contribution in [0.2, 0.25) is 0 Å². The lowest BCUT2D eigenvalue weighted by atomic mass is 10.2. The van der Waals surface area contributed by atoms with Crippen molar-refractivity contribution in [3.8, 4) is 0 Å². The maximum atomic E-state index is 13.1. The predicted molar refractivity (Wildman–Crippen MR) is 63.2 cm³/mol. The van der Waals surface area contributed by atoms with Gasteiger partial charge in [-0.3, -0.25) is 5.32 Å². The molecule has 1 amide bonds. The number of aromatic carboxylic acids is 1. The average molecular weight is 255 g/mol. The number of hydrogen-bond acceptors (Lipinski definition) is 3. The van der Waals surface area contributed by atoms with Crippen LogP contribution in [0.4, 0.5) is 14.9 Å². The molecule has 5 nitrogen and oxygen atoms in total. The SMILES string of the molecule is CC(C)(C)OC(=O)Nc1ccc(F)c(C(=O)O)c1. The summed E-state index contributed by atoms with van der Waals surface area (Å²) in [7, 11) is 0. The number of hydrogen-bond donors (Lipinski definition) is 2. The molecule has 0 radical (unpaired) electrons. The lowest BCUT2D eigenvalue weighted by Gasteiger charge is -2.19. The predicted octanol–water partition coefficient (Wildman–Crippen LogP) is 2.87. The van der Waals surface area contributed by atoms with E-state index in [0.717, 1.165) is 12.1 Å². The quantitative estimate of drug-likeness (QED) is 0.852. The third kappa shape index (κ3) is 4.04. The Kier molecular flexibility index (Phi) is 3.90. The summed E-state index contributed by atoms with van der Waals surface area (Å²) in [5.74, 6) is -2.27. The van der Waals surface area contributed by atoms with Gasteiger partial charge >= 0.3 is 12.1 Å². The van der Waals surface area contributed by atoms with Gasteiger partial charge in [0.05, 0.1) is 5.56 Å². The molecule has 1 aromatic rings. The minimum absolute atomic E-state index is 0.156. The fourth-order valence-corrected chi connectivity index (χ4v) is 1.19. The third-order valence-corrected chi connectivity index (χ3v) is 1.84. The zero-order chi connectivity index (χ0) is 13.9. The number of carboxylic acid groups (broad SMARTS) is 1. The van der Waals surface area contributed by atoms with Crippen molar-refractivity contribution < 1.29 is 23.8 Å². The van der Waals surface area contributed by atoms with Crippen LogP contribution in [0.25, 0.3) is 0 Å². The standard InChI is InChI=1S/C12H14FNO4/c1-12(2,3)18-11(17)14-7-4-5-9(13)8(6-7)10(15)16/h4-6H,1-3H3,(H,14,17)(H,15,16). The highest BCUT2D eigenvalue weighted by Gasteiger charge is 2.17. The zero-order valence-electron chi connectivity index (χ0n) is 10.3. The Labute approximate surface area is 104 Å². The van der Waals surface area contributed by atoms with Crippen LogP contribution in [0, 0.1) is 5.82 Å². The Balaban J connectivity index is 2.83. The Morgan fingerprint density at radius 3 is 2.44 bits per heavy atom. The molecule has 2 N–H and O–H groups in total. The lowest BCUT2D eigenvalue weighted by molar-refractivity contribution is 0.0632.